The maximum Gasteiger partial charge on any atom is 0.264 e. The smallest absolute Gasteiger partial charge is 0.264 e. The molecule has 1 amide bonds. The fourth-order valence-electron chi connectivity index (χ4n) is 6.39. The van der Waals surface area contributed by atoms with Crippen molar-refractivity contribution in [3.8, 4) is 17.2 Å². The number of aliphatic hydroxyl groups is 1. The zero-order valence-electron chi connectivity index (χ0n) is 26.7. The molecular formula is C36H42N2O7S. The number of ether oxygens (including phenoxy) is 3. The highest BCUT2D eigenvalue weighted by atomic mass is 32.2. The Morgan fingerprint density at radius 1 is 0.957 bits per heavy atom. The Hall–Kier alpha value is -4.28. The first-order valence-electron chi connectivity index (χ1n) is 15.4. The fraction of sp³-hybridized carbons (Fsp3) is 0.361. The zero-order valence-corrected chi connectivity index (χ0v) is 27.5. The summed E-state index contributed by atoms with van der Waals surface area (Å²) in [6, 6.07) is 20.1. The first kappa shape index (κ1) is 33.1. The molecule has 0 fully saturated rings. The van der Waals surface area contributed by atoms with Gasteiger partial charge in [-0.3, -0.25) is 4.79 Å². The number of sulfonamides is 1. The van der Waals surface area contributed by atoms with E-state index >= 15 is 0 Å². The van der Waals surface area contributed by atoms with Crippen LogP contribution in [0.4, 0.5) is 0 Å². The van der Waals surface area contributed by atoms with Gasteiger partial charge in [-0.15, -0.1) is 0 Å². The molecule has 0 radical (unpaired) electrons. The van der Waals surface area contributed by atoms with Gasteiger partial charge in [0.1, 0.15) is 17.2 Å². The first-order valence-corrected chi connectivity index (χ1v) is 16.9. The lowest BCUT2D eigenvalue weighted by atomic mass is 9.85. The van der Waals surface area contributed by atoms with Crippen LogP contribution in [0, 0.1) is 18.8 Å². The molecule has 3 aromatic carbocycles. The van der Waals surface area contributed by atoms with Crippen LogP contribution in [0.15, 0.2) is 84.0 Å². The van der Waals surface area contributed by atoms with E-state index in [1.54, 1.807) is 14.2 Å². The lowest BCUT2D eigenvalue weighted by molar-refractivity contribution is -0.119. The zero-order chi connectivity index (χ0) is 32.8. The molecule has 1 aliphatic carbocycles. The molecule has 0 saturated carbocycles. The maximum atomic E-state index is 12.7. The van der Waals surface area contributed by atoms with Gasteiger partial charge in [-0.05, 0) is 103 Å². The van der Waals surface area contributed by atoms with Crippen LogP contribution in [0.2, 0.25) is 0 Å². The van der Waals surface area contributed by atoms with E-state index in [9.17, 15) is 18.3 Å². The number of rotatable bonds is 14. The van der Waals surface area contributed by atoms with E-state index in [0.717, 1.165) is 36.0 Å². The third kappa shape index (κ3) is 7.74. The van der Waals surface area contributed by atoms with Crippen molar-refractivity contribution in [2.75, 3.05) is 21.3 Å². The van der Waals surface area contributed by atoms with Crippen molar-refractivity contribution in [1.82, 2.24) is 9.29 Å². The summed E-state index contributed by atoms with van der Waals surface area (Å²) in [5.41, 5.74) is 5.25. The molecule has 0 spiro atoms. The molecule has 0 aliphatic heterocycles. The van der Waals surface area contributed by atoms with Crippen molar-refractivity contribution in [2.24, 2.45) is 11.8 Å². The van der Waals surface area contributed by atoms with Crippen LogP contribution in [0.5, 0.6) is 17.2 Å². The largest absolute Gasteiger partial charge is 0.497 e. The van der Waals surface area contributed by atoms with Crippen molar-refractivity contribution in [3.63, 3.8) is 0 Å². The lowest BCUT2D eigenvalue weighted by Gasteiger charge is -2.27. The van der Waals surface area contributed by atoms with Gasteiger partial charge >= 0.3 is 0 Å². The predicted octanol–water partition coefficient (Wildman–Crippen LogP) is 5.41. The minimum atomic E-state index is -3.99. The molecule has 5 rings (SSSR count). The van der Waals surface area contributed by atoms with Crippen LogP contribution in [0.1, 0.15) is 46.8 Å². The van der Waals surface area contributed by atoms with Gasteiger partial charge < -0.3 is 23.9 Å². The van der Waals surface area contributed by atoms with Gasteiger partial charge in [-0.1, -0.05) is 24.3 Å². The quantitative estimate of drug-likeness (QED) is 0.188. The summed E-state index contributed by atoms with van der Waals surface area (Å²) in [4.78, 5) is 12.6. The van der Waals surface area contributed by atoms with Gasteiger partial charge in [0.25, 0.3) is 10.0 Å². The number of aryl methyl sites for hydroxylation is 1. The summed E-state index contributed by atoms with van der Waals surface area (Å²) in [6.45, 7) is 2.49. The Kier molecular flexibility index (Phi) is 10.4. The van der Waals surface area contributed by atoms with Crippen LogP contribution in [-0.2, 0) is 40.6 Å². The topological polar surface area (TPSA) is 116 Å². The van der Waals surface area contributed by atoms with E-state index in [-0.39, 0.29) is 17.2 Å². The Morgan fingerprint density at radius 3 is 2.17 bits per heavy atom. The molecule has 1 aromatic heterocycles. The van der Waals surface area contributed by atoms with Gasteiger partial charge in [0.2, 0.25) is 5.91 Å². The molecule has 9 nitrogen and oxygen atoms in total. The van der Waals surface area contributed by atoms with Crippen molar-refractivity contribution in [1.29, 1.82) is 0 Å². The van der Waals surface area contributed by atoms with Gasteiger partial charge in [-0.2, -0.15) is 0 Å². The third-order valence-corrected chi connectivity index (χ3v) is 10.2. The average Bonchev–Trinajstić information content (AvgIpc) is 3.69. The molecule has 0 saturated heterocycles. The number of amides is 1. The summed E-state index contributed by atoms with van der Waals surface area (Å²) in [5, 5.41) is 11.8. The van der Waals surface area contributed by atoms with Crippen LogP contribution >= 0.6 is 0 Å². The third-order valence-electron chi connectivity index (χ3n) is 8.85. The minimum Gasteiger partial charge on any atom is -0.497 e. The van der Waals surface area contributed by atoms with E-state index in [1.165, 1.54) is 42.5 Å². The van der Waals surface area contributed by atoms with E-state index < -0.39 is 22.0 Å². The molecular weight excluding hydrogens is 604 g/mol. The van der Waals surface area contributed by atoms with Crippen molar-refractivity contribution in [2.45, 2.75) is 56.6 Å². The summed E-state index contributed by atoms with van der Waals surface area (Å²) >= 11 is 0. The molecule has 1 aliphatic rings. The number of nitrogens with zero attached hydrogens (tertiary/aromatic N) is 1. The Bertz CT molecular complexity index is 1720. The van der Waals surface area contributed by atoms with Crippen LogP contribution in [-0.4, -0.2) is 45.3 Å². The van der Waals surface area contributed by atoms with Gasteiger partial charge in [0.15, 0.2) is 0 Å². The molecule has 0 bridgehead atoms. The van der Waals surface area contributed by atoms with E-state index in [4.69, 9.17) is 14.2 Å². The van der Waals surface area contributed by atoms with Gasteiger partial charge in [0, 0.05) is 36.8 Å². The number of fused-ring (bicyclic) bond motifs is 1. The molecule has 4 aromatic rings. The number of aromatic nitrogens is 1. The Balaban J connectivity index is 1.27. The summed E-state index contributed by atoms with van der Waals surface area (Å²) in [7, 11) is 0.734. The van der Waals surface area contributed by atoms with E-state index in [1.807, 2.05) is 42.1 Å². The lowest BCUT2D eigenvalue weighted by Crippen LogP contribution is -2.30. The SMILES string of the molecule is COc1ccc(S(=O)(=O)NC(=O)CCc2ccn(C[C@@H](CC3Cc4ccccc4C3)[C@H](O)c3cc(OC)c(C)c(OC)c3)c2)cc1. The van der Waals surface area contributed by atoms with Crippen LogP contribution in [0.3, 0.4) is 0 Å². The molecule has 0 unspecified atom stereocenters. The number of methoxy groups -OCH3 is 3. The number of carbonyl (C=O) groups is 1. The Labute approximate surface area is 271 Å². The number of nitrogens with one attached hydrogen (secondary N) is 1. The molecule has 46 heavy (non-hydrogen) atoms. The number of aliphatic hydroxyl groups excluding tert-OH is 1. The monoisotopic (exact) mass is 646 g/mol. The summed E-state index contributed by atoms with van der Waals surface area (Å²) < 4.78 is 45.8. The highest BCUT2D eigenvalue weighted by Gasteiger charge is 2.30. The highest BCUT2D eigenvalue weighted by Crippen LogP contribution is 2.39. The maximum absolute atomic E-state index is 12.7. The molecule has 10 heteroatoms. The number of carbonyl (C=O) groups excluding carboxylic acids is 1. The first-order chi connectivity index (χ1) is 22.1. The molecule has 1 heterocycles. The van der Waals surface area contributed by atoms with Crippen LogP contribution < -0.4 is 18.9 Å². The number of benzene rings is 3. The molecule has 244 valence electrons. The second kappa shape index (κ2) is 14.4. The van der Waals surface area contributed by atoms with Gasteiger partial charge in [-0.25, -0.2) is 13.1 Å². The number of hydrogen-bond acceptors (Lipinski definition) is 7. The predicted molar refractivity (Wildman–Crippen MR) is 176 cm³/mol. The van der Waals surface area contributed by atoms with Crippen molar-refractivity contribution < 1.29 is 32.5 Å². The second-order valence-corrected chi connectivity index (χ2v) is 13.6. The fourth-order valence-corrected chi connectivity index (χ4v) is 7.41. The van der Waals surface area contributed by atoms with Gasteiger partial charge in [0.05, 0.1) is 32.3 Å². The summed E-state index contributed by atoms with van der Waals surface area (Å²) in [5.74, 6) is 1.55. The van der Waals surface area contributed by atoms with E-state index in [0.29, 0.717) is 36.1 Å². The number of hydrogen-bond donors (Lipinski definition) is 2. The van der Waals surface area contributed by atoms with Crippen LogP contribution in [0.25, 0.3) is 0 Å². The molecule has 2 atom stereocenters. The van der Waals surface area contributed by atoms with E-state index in [2.05, 4.69) is 29.0 Å². The summed E-state index contributed by atoms with van der Waals surface area (Å²) in [6.07, 6.45) is 6.28. The average molecular weight is 647 g/mol. The second-order valence-electron chi connectivity index (χ2n) is 12.0. The minimum absolute atomic E-state index is 0.00780. The molecule has 2 N–H and O–H groups in total. The highest BCUT2D eigenvalue weighted by molar-refractivity contribution is 7.90. The normalized spacial score (nSPS) is 14.4. The Morgan fingerprint density at radius 2 is 1.59 bits per heavy atom. The van der Waals surface area contributed by atoms with Crippen molar-refractivity contribution >= 4 is 15.9 Å². The standard InChI is InChI=1S/C36H42N2O7S/c1-24-33(44-3)20-29(21-34(24)45-4)36(40)30(19-26-17-27-7-5-6-8-28(27)18-26)23-38-16-15-25(22-38)9-14-35(39)37-46(41,42)32-12-10-31(43-2)11-13-32/h5-8,10-13,15-16,20-22,26,30,36,40H,9,14,17-19,23H2,1-4H3,(H,37,39)/t30-,36-/m1/s1. The van der Waals surface area contributed by atoms with Crippen molar-refractivity contribution in [3.05, 3.63) is 107 Å².